The molecule has 4 N–H and O–H groups in total. The van der Waals surface area contributed by atoms with Crippen molar-refractivity contribution in [2.45, 2.75) is 64.5 Å². The third kappa shape index (κ3) is 6.86. The second-order valence-corrected chi connectivity index (χ2v) is 6.84. The monoisotopic (exact) mass is 341 g/mol. The van der Waals surface area contributed by atoms with Gasteiger partial charge in [-0.1, -0.05) is 33.1 Å². The van der Waals surface area contributed by atoms with Gasteiger partial charge in [0.25, 0.3) is 0 Å². The molecule has 0 aliphatic heterocycles. The quantitative estimate of drug-likeness (QED) is 0.563. The third-order valence-corrected chi connectivity index (χ3v) is 4.62. The Morgan fingerprint density at radius 2 is 1.79 bits per heavy atom. The summed E-state index contributed by atoms with van der Waals surface area (Å²) in [4.78, 5) is 35.6. The molecule has 1 aliphatic carbocycles. The summed E-state index contributed by atoms with van der Waals surface area (Å²) >= 11 is 0. The Hall–Kier alpha value is -1.63. The van der Waals surface area contributed by atoms with Crippen molar-refractivity contribution in [3.05, 3.63) is 0 Å². The Balaban J connectivity index is 2.53. The Morgan fingerprint density at radius 1 is 1.17 bits per heavy atom. The molecule has 1 unspecified atom stereocenters. The first kappa shape index (κ1) is 20.4. The lowest BCUT2D eigenvalue weighted by Crippen LogP contribution is -2.50. The highest BCUT2D eigenvalue weighted by Crippen LogP contribution is 2.28. The van der Waals surface area contributed by atoms with Gasteiger partial charge in [0.2, 0.25) is 11.8 Å². The van der Waals surface area contributed by atoms with Gasteiger partial charge < -0.3 is 21.1 Å². The average molecular weight is 341 g/mol. The zero-order valence-electron chi connectivity index (χ0n) is 15.0. The predicted molar refractivity (Wildman–Crippen MR) is 91.0 cm³/mol. The van der Waals surface area contributed by atoms with E-state index in [0.717, 1.165) is 25.7 Å². The zero-order valence-corrected chi connectivity index (χ0v) is 15.0. The molecule has 0 spiro atoms. The van der Waals surface area contributed by atoms with E-state index >= 15 is 0 Å². The molecule has 138 valence electrons. The van der Waals surface area contributed by atoms with Gasteiger partial charge in [-0.15, -0.1) is 0 Å². The van der Waals surface area contributed by atoms with E-state index < -0.39 is 6.04 Å². The van der Waals surface area contributed by atoms with Gasteiger partial charge in [0.05, 0.1) is 26.1 Å². The molecule has 1 fully saturated rings. The number of methoxy groups -OCH3 is 1. The average Bonchev–Trinajstić information content (AvgIpc) is 2.58. The van der Waals surface area contributed by atoms with Crippen molar-refractivity contribution in [2.24, 2.45) is 17.6 Å². The number of carbonyl (C=O) groups is 3. The van der Waals surface area contributed by atoms with Crippen molar-refractivity contribution >= 4 is 17.8 Å². The van der Waals surface area contributed by atoms with Crippen LogP contribution >= 0.6 is 0 Å². The van der Waals surface area contributed by atoms with Crippen LogP contribution in [0, 0.1) is 11.8 Å². The predicted octanol–water partition coefficient (Wildman–Crippen LogP) is 0.714. The van der Waals surface area contributed by atoms with Gasteiger partial charge in [-0.25, -0.2) is 0 Å². The van der Waals surface area contributed by atoms with E-state index in [0.29, 0.717) is 0 Å². The number of nitrogens with one attached hydrogen (secondary N) is 2. The lowest BCUT2D eigenvalue weighted by atomic mass is 9.82. The Bertz CT molecular complexity index is 434. The maximum absolute atomic E-state index is 12.1. The Kier molecular flexibility index (Phi) is 8.74. The molecule has 2 amide bonds. The van der Waals surface area contributed by atoms with E-state index in [1.165, 1.54) is 13.5 Å². The van der Waals surface area contributed by atoms with Gasteiger partial charge in [0.15, 0.2) is 0 Å². The van der Waals surface area contributed by atoms with Gasteiger partial charge in [0, 0.05) is 6.04 Å². The first-order valence-electron chi connectivity index (χ1n) is 8.74. The molecule has 1 aliphatic rings. The highest BCUT2D eigenvalue weighted by Gasteiger charge is 2.28. The fraction of sp³-hybridized carbons (Fsp3) is 0.824. The van der Waals surface area contributed by atoms with Crippen LogP contribution in [0.4, 0.5) is 0 Å². The van der Waals surface area contributed by atoms with Crippen LogP contribution in [0.1, 0.15) is 52.4 Å². The summed E-state index contributed by atoms with van der Waals surface area (Å²) in [6.45, 7) is 3.56. The van der Waals surface area contributed by atoms with Crippen LogP contribution < -0.4 is 16.4 Å². The zero-order chi connectivity index (χ0) is 18.1. The minimum atomic E-state index is -0.637. The van der Waals surface area contributed by atoms with Gasteiger partial charge in [-0.05, 0) is 24.7 Å². The molecule has 0 aromatic rings. The van der Waals surface area contributed by atoms with Crippen molar-refractivity contribution in [1.29, 1.82) is 0 Å². The summed E-state index contributed by atoms with van der Waals surface area (Å²) < 4.78 is 4.73. The largest absolute Gasteiger partial charge is 0.469 e. The molecule has 0 bridgehead atoms. The molecular weight excluding hydrogens is 310 g/mol. The minimum Gasteiger partial charge on any atom is -0.469 e. The topological polar surface area (TPSA) is 111 Å². The summed E-state index contributed by atoms with van der Waals surface area (Å²) in [6, 6.07) is -0.886. The normalized spacial score (nSPS) is 17.9. The molecule has 0 aromatic heterocycles. The Morgan fingerprint density at radius 3 is 2.33 bits per heavy atom. The van der Waals surface area contributed by atoms with Crippen LogP contribution in [-0.4, -0.2) is 43.5 Å². The van der Waals surface area contributed by atoms with Gasteiger partial charge in [-0.2, -0.15) is 0 Å². The van der Waals surface area contributed by atoms with Crippen LogP contribution in [0.15, 0.2) is 0 Å². The molecule has 24 heavy (non-hydrogen) atoms. The number of rotatable bonds is 8. The molecule has 2 atom stereocenters. The molecule has 1 rings (SSSR count). The van der Waals surface area contributed by atoms with Crippen molar-refractivity contribution in [1.82, 2.24) is 10.6 Å². The van der Waals surface area contributed by atoms with Crippen LogP contribution in [0.25, 0.3) is 0 Å². The number of esters is 1. The summed E-state index contributed by atoms with van der Waals surface area (Å²) in [5.41, 5.74) is 5.74. The van der Waals surface area contributed by atoms with Crippen LogP contribution in [-0.2, 0) is 19.1 Å². The van der Waals surface area contributed by atoms with E-state index in [-0.39, 0.29) is 48.6 Å². The number of amides is 2. The highest BCUT2D eigenvalue weighted by atomic mass is 16.5. The van der Waals surface area contributed by atoms with Crippen molar-refractivity contribution in [3.63, 3.8) is 0 Å². The van der Waals surface area contributed by atoms with Crippen molar-refractivity contribution in [2.75, 3.05) is 13.7 Å². The first-order valence-corrected chi connectivity index (χ1v) is 8.74. The standard InChI is InChI=1S/C17H31N3O4/c1-11(2)16(18)17(23)19-10-14(21)20-13(9-15(22)24-3)12-7-5-4-6-8-12/h11-13,16H,4-10,18H2,1-3H3,(H,19,23)(H,20,21)/t13?,16-/m0/s1. The molecule has 0 radical (unpaired) electrons. The first-order chi connectivity index (χ1) is 11.3. The van der Waals surface area contributed by atoms with Gasteiger partial charge >= 0.3 is 5.97 Å². The molecule has 1 saturated carbocycles. The van der Waals surface area contributed by atoms with E-state index in [1.54, 1.807) is 0 Å². The van der Waals surface area contributed by atoms with Crippen LogP contribution in [0.3, 0.4) is 0 Å². The number of ether oxygens (including phenoxy) is 1. The van der Waals surface area contributed by atoms with Crippen molar-refractivity contribution in [3.8, 4) is 0 Å². The second-order valence-electron chi connectivity index (χ2n) is 6.84. The molecule has 0 aromatic carbocycles. The van der Waals surface area contributed by atoms with E-state index in [4.69, 9.17) is 10.5 Å². The minimum absolute atomic E-state index is 0.00220. The van der Waals surface area contributed by atoms with Gasteiger partial charge in [-0.3, -0.25) is 14.4 Å². The molecule has 0 saturated heterocycles. The molecule has 0 heterocycles. The lowest BCUT2D eigenvalue weighted by Gasteiger charge is -2.30. The van der Waals surface area contributed by atoms with Crippen LogP contribution in [0.2, 0.25) is 0 Å². The summed E-state index contributed by atoms with van der Waals surface area (Å²) in [5, 5.41) is 5.43. The maximum atomic E-state index is 12.1. The summed E-state index contributed by atoms with van der Waals surface area (Å²) in [5.74, 6) is -0.712. The summed E-state index contributed by atoms with van der Waals surface area (Å²) in [7, 11) is 1.34. The number of hydrogen-bond donors (Lipinski definition) is 3. The number of carbonyl (C=O) groups excluding carboxylic acids is 3. The number of hydrogen-bond acceptors (Lipinski definition) is 5. The van der Waals surface area contributed by atoms with E-state index in [9.17, 15) is 14.4 Å². The van der Waals surface area contributed by atoms with Crippen LogP contribution in [0.5, 0.6) is 0 Å². The van der Waals surface area contributed by atoms with E-state index in [1.807, 2.05) is 13.8 Å². The fourth-order valence-corrected chi connectivity index (χ4v) is 2.98. The van der Waals surface area contributed by atoms with Gasteiger partial charge in [0.1, 0.15) is 0 Å². The molecule has 7 heteroatoms. The third-order valence-electron chi connectivity index (χ3n) is 4.62. The Labute approximate surface area is 144 Å². The van der Waals surface area contributed by atoms with Crippen molar-refractivity contribution < 1.29 is 19.1 Å². The smallest absolute Gasteiger partial charge is 0.307 e. The number of nitrogens with two attached hydrogens (primary N) is 1. The SMILES string of the molecule is COC(=O)CC(NC(=O)CNC(=O)[C@@H](N)C(C)C)C1CCCCC1. The molecular formula is C17H31N3O4. The highest BCUT2D eigenvalue weighted by molar-refractivity contribution is 5.87. The summed E-state index contributed by atoms with van der Waals surface area (Å²) in [6.07, 6.45) is 5.56. The van der Waals surface area contributed by atoms with E-state index in [2.05, 4.69) is 10.6 Å². The fourth-order valence-electron chi connectivity index (χ4n) is 2.98. The lowest BCUT2D eigenvalue weighted by molar-refractivity contribution is -0.142. The second kappa shape index (κ2) is 10.3. The molecule has 7 nitrogen and oxygen atoms in total. The maximum Gasteiger partial charge on any atom is 0.307 e.